The fraction of sp³-hybridized carbons (Fsp3) is 0.333. The van der Waals surface area contributed by atoms with E-state index in [1.54, 1.807) is 27.7 Å². The molecule has 0 aromatic heterocycles. The molecule has 0 saturated carbocycles. The van der Waals surface area contributed by atoms with Crippen molar-refractivity contribution in [2.45, 2.75) is 27.7 Å². The summed E-state index contributed by atoms with van der Waals surface area (Å²) in [5.74, 6) is -1.23. The Labute approximate surface area is 95.2 Å². The van der Waals surface area contributed by atoms with Gasteiger partial charge in [0, 0.05) is 12.2 Å². The number of hydrogen-bond donors (Lipinski definition) is 0. The van der Waals surface area contributed by atoms with Crippen LogP contribution in [0, 0.1) is 0 Å². The average molecular weight is 224 g/mol. The topological polar surface area (TPSA) is 52.6 Å². The van der Waals surface area contributed by atoms with Crippen molar-refractivity contribution in [1.29, 1.82) is 0 Å². The van der Waals surface area contributed by atoms with Gasteiger partial charge in [0.1, 0.15) is 0 Å². The molecule has 4 nitrogen and oxygen atoms in total. The molecule has 0 fully saturated rings. The quantitative estimate of drug-likeness (QED) is 0.418. The smallest absolute Gasteiger partial charge is 0.335 e. The second kappa shape index (κ2) is 7.45. The maximum Gasteiger partial charge on any atom is 0.335 e. The standard InChI is InChI=1S/C12H16O4/c1-9(2)7-15-11(13)5-6-12(14)16-8-10(3)4/h5-8H,1-4H3/b6-5+. The fourth-order valence-corrected chi connectivity index (χ4v) is 0.567. The minimum Gasteiger partial charge on any atom is -0.431 e. The summed E-state index contributed by atoms with van der Waals surface area (Å²) in [5.41, 5.74) is 1.71. The third-order valence-electron chi connectivity index (χ3n) is 1.18. The van der Waals surface area contributed by atoms with E-state index < -0.39 is 11.9 Å². The highest BCUT2D eigenvalue weighted by Crippen LogP contribution is 1.93. The second-order valence-electron chi connectivity index (χ2n) is 3.60. The normalized spacial score (nSPS) is 9.50. The first-order chi connectivity index (χ1) is 7.41. The molecule has 88 valence electrons. The van der Waals surface area contributed by atoms with Crippen LogP contribution in [0.25, 0.3) is 0 Å². The molecule has 0 aromatic carbocycles. The molecule has 0 aliphatic rings. The van der Waals surface area contributed by atoms with Gasteiger partial charge in [-0.05, 0) is 38.8 Å². The van der Waals surface area contributed by atoms with Crippen LogP contribution in [0.5, 0.6) is 0 Å². The first-order valence-electron chi connectivity index (χ1n) is 4.78. The van der Waals surface area contributed by atoms with Gasteiger partial charge in [0.15, 0.2) is 0 Å². The van der Waals surface area contributed by atoms with Gasteiger partial charge in [0.2, 0.25) is 0 Å². The van der Waals surface area contributed by atoms with E-state index in [1.807, 2.05) is 0 Å². The lowest BCUT2D eigenvalue weighted by atomic mass is 10.4. The van der Waals surface area contributed by atoms with Gasteiger partial charge in [-0.1, -0.05) is 0 Å². The van der Waals surface area contributed by atoms with Gasteiger partial charge < -0.3 is 9.47 Å². The molecule has 0 bridgehead atoms. The molecule has 0 unspecified atom stereocenters. The lowest BCUT2D eigenvalue weighted by molar-refractivity contribution is -0.135. The average Bonchev–Trinajstić information content (AvgIpc) is 2.20. The van der Waals surface area contributed by atoms with Crippen LogP contribution in [0.3, 0.4) is 0 Å². The van der Waals surface area contributed by atoms with Gasteiger partial charge in [0.05, 0.1) is 12.5 Å². The SMILES string of the molecule is CC(C)=COC(=O)/C=C/C(=O)OC=C(C)C. The molecule has 0 N–H and O–H groups in total. The van der Waals surface area contributed by atoms with E-state index in [2.05, 4.69) is 9.47 Å². The summed E-state index contributed by atoms with van der Waals surface area (Å²) >= 11 is 0. The molecule has 0 radical (unpaired) electrons. The van der Waals surface area contributed by atoms with Crippen molar-refractivity contribution in [2.75, 3.05) is 0 Å². The first kappa shape index (κ1) is 14.2. The number of allylic oxidation sites excluding steroid dienone is 2. The minimum absolute atomic E-state index is 0.615. The molecule has 0 aromatic rings. The number of hydrogen-bond acceptors (Lipinski definition) is 4. The van der Waals surface area contributed by atoms with E-state index in [-0.39, 0.29) is 0 Å². The molecular weight excluding hydrogens is 208 g/mol. The van der Waals surface area contributed by atoms with Crippen molar-refractivity contribution in [1.82, 2.24) is 0 Å². The van der Waals surface area contributed by atoms with Crippen molar-refractivity contribution in [3.8, 4) is 0 Å². The third-order valence-corrected chi connectivity index (χ3v) is 1.18. The lowest BCUT2D eigenvalue weighted by Gasteiger charge is -1.95. The molecule has 0 spiro atoms. The Morgan fingerprint density at radius 2 is 1.06 bits per heavy atom. The summed E-state index contributed by atoms with van der Waals surface area (Å²) in [6.07, 6.45) is 4.66. The summed E-state index contributed by atoms with van der Waals surface area (Å²) in [5, 5.41) is 0. The monoisotopic (exact) mass is 224 g/mol. The number of ether oxygens (including phenoxy) is 2. The molecule has 0 aliphatic carbocycles. The molecule has 0 heterocycles. The molecular formula is C12H16O4. The van der Waals surface area contributed by atoms with Crippen LogP contribution < -0.4 is 0 Å². The Morgan fingerprint density at radius 3 is 1.31 bits per heavy atom. The molecule has 0 rings (SSSR count). The molecule has 16 heavy (non-hydrogen) atoms. The summed E-state index contributed by atoms with van der Waals surface area (Å²) in [6.45, 7) is 7.17. The van der Waals surface area contributed by atoms with Crippen molar-refractivity contribution >= 4 is 11.9 Å². The Kier molecular flexibility index (Phi) is 6.59. The van der Waals surface area contributed by atoms with Crippen LogP contribution in [0.1, 0.15) is 27.7 Å². The van der Waals surface area contributed by atoms with Crippen molar-refractivity contribution in [3.05, 3.63) is 35.8 Å². The molecule has 0 amide bonds. The Bertz CT molecular complexity index is 306. The number of rotatable bonds is 4. The highest BCUT2D eigenvalue weighted by molar-refractivity contribution is 5.92. The van der Waals surface area contributed by atoms with Crippen LogP contribution in [0.15, 0.2) is 35.8 Å². The van der Waals surface area contributed by atoms with Gasteiger partial charge in [-0.25, -0.2) is 9.59 Å². The largest absolute Gasteiger partial charge is 0.431 e. The van der Waals surface area contributed by atoms with E-state index in [0.29, 0.717) is 0 Å². The van der Waals surface area contributed by atoms with Crippen molar-refractivity contribution < 1.29 is 19.1 Å². The highest BCUT2D eigenvalue weighted by atomic mass is 16.5. The van der Waals surface area contributed by atoms with Crippen LogP contribution in [0.4, 0.5) is 0 Å². The van der Waals surface area contributed by atoms with E-state index in [4.69, 9.17) is 0 Å². The van der Waals surface area contributed by atoms with Crippen LogP contribution in [0.2, 0.25) is 0 Å². The Morgan fingerprint density at radius 1 is 0.750 bits per heavy atom. The van der Waals surface area contributed by atoms with Gasteiger partial charge in [-0.2, -0.15) is 0 Å². The third kappa shape index (κ3) is 8.74. The van der Waals surface area contributed by atoms with Crippen molar-refractivity contribution in [3.63, 3.8) is 0 Å². The first-order valence-corrected chi connectivity index (χ1v) is 4.78. The highest BCUT2D eigenvalue weighted by Gasteiger charge is 1.98. The predicted octanol–water partition coefficient (Wildman–Crippen LogP) is 2.48. The minimum atomic E-state index is -0.615. The van der Waals surface area contributed by atoms with E-state index >= 15 is 0 Å². The summed E-state index contributed by atoms with van der Waals surface area (Å²) < 4.78 is 9.34. The maximum atomic E-state index is 11.0. The van der Waals surface area contributed by atoms with Gasteiger partial charge in [0.25, 0.3) is 0 Å². The predicted molar refractivity (Wildman–Crippen MR) is 60.2 cm³/mol. The Balaban J connectivity index is 4.08. The van der Waals surface area contributed by atoms with Crippen LogP contribution in [-0.4, -0.2) is 11.9 Å². The summed E-state index contributed by atoms with van der Waals surface area (Å²) in [6, 6.07) is 0. The Hall–Kier alpha value is -1.84. The zero-order valence-electron chi connectivity index (χ0n) is 9.94. The molecule has 0 saturated heterocycles. The van der Waals surface area contributed by atoms with E-state index in [0.717, 1.165) is 23.3 Å². The second-order valence-corrected chi connectivity index (χ2v) is 3.60. The maximum absolute atomic E-state index is 11.0. The van der Waals surface area contributed by atoms with Gasteiger partial charge in [-0.15, -0.1) is 0 Å². The van der Waals surface area contributed by atoms with Gasteiger partial charge in [-0.3, -0.25) is 0 Å². The molecule has 0 aliphatic heterocycles. The summed E-state index contributed by atoms with van der Waals surface area (Å²) in [7, 11) is 0. The van der Waals surface area contributed by atoms with E-state index in [9.17, 15) is 9.59 Å². The zero-order valence-corrected chi connectivity index (χ0v) is 9.94. The van der Waals surface area contributed by atoms with Crippen LogP contribution >= 0.6 is 0 Å². The fourth-order valence-electron chi connectivity index (χ4n) is 0.567. The summed E-state index contributed by atoms with van der Waals surface area (Å²) in [4.78, 5) is 22.0. The van der Waals surface area contributed by atoms with Crippen LogP contribution in [-0.2, 0) is 19.1 Å². The van der Waals surface area contributed by atoms with E-state index in [1.165, 1.54) is 12.5 Å². The lowest BCUT2D eigenvalue weighted by Crippen LogP contribution is -1.99. The molecule has 4 heteroatoms. The number of carbonyl (C=O) groups is 2. The zero-order chi connectivity index (χ0) is 12.6. The number of carbonyl (C=O) groups excluding carboxylic acids is 2. The number of esters is 2. The van der Waals surface area contributed by atoms with Crippen molar-refractivity contribution in [2.24, 2.45) is 0 Å². The van der Waals surface area contributed by atoms with Gasteiger partial charge >= 0.3 is 11.9 Å². The molecule has 0 atom stereocenters.